The molecule has 0 aliphatic heterocycles. The molecule has 1 rings (SSSR count). The maximum absolute atomic E-state index is 13.5. The van der Waals surface area contributed by atoms with Crippen LogP contribution in [0.15, 0.2) is 12.1 Å². The fraction of sp³-hybridized carbons (Fsp3) is 0.364. The highest BCUT2D eigenvalue weighted by Crippen LogP contribution is 2.29. The Bertz CT molecular complexity index is 523. The van der Waals surface area contributed by atoms with Gasteiger partial charge in [-0.25, -0.2) is 8.78 Å². The number of hydrogen-bond donors (Lipinski definition) is 1. The molecule has 0 aliphatic carbocycles. The second-order valence-corrected chi connectivity index (χ2v) is 5.16. The first-order chi connectivity index (χ1) is 8.73. The van der Waals surface area contributed by atoms with Crippen molar-refractivity contribution < 1.29 is 18.5 Å². The number of carbonyl (C=O) groups is 1. The average Bonchev–Trinajstić information content (AvgIpc) is 2.30. The first-order valence-corrected chi connectivity index (χ1v) is 6.24. The van der Waals surface area contributed by atoms with Gasteiger partial charge in [-0.15, -0.1) is 0 Å². The summed E-state index contributed by atoms with van der Waals surface area (Å²) in [7, 11) is 0. The molecule has 8 heteroatoms. The number of nitro benzene ring substituents is 1. The van der Waals surface area contributed by atoms with Crippen molar-refractivity contribution in [3.63, 3.8) is 0 Å². The zero-order chi connectivity index (χ0) is 14.7. The number of nitrogens with zero attached hydrogens (tertiary/aromatic N) is 1. The van der Waals surface area contributed by atoms with Gasteiger partial charge in [0.15, 0.2) is 11.5 Å². The van der Waals surface area contributed by atoms with Gasteiger partial charge >= 0.3 is 0 Å². The van der Waals surface area contributed by atoms with Crippen LogP contribution in [0.5, 0.6) is 0 Å². The van der Waals surface area contributed by atoms with Gasteiger partial charge in [0.1, 0.15) is 5.82 Å². The molecule has 104 valence electrons. The van der Waals surface area contributed by atoms with E-state index in [1.165, 1.54) is 0 Å². The average molecular weight is 337 g/mol. The lowest BCUT2D eigenvalue weighted by atomic mass is 10.1. The number of rotatable bonds is 4. The van der Waals surface area contributed by atoms with Crippen molar-refractivity contribution >= 4 is 33.2 Å². The minimum absolute atomic E-state index is 0.0948. The molecule has 0 aromatic heterocycles. The summed E-state index contributed by atoms with van der Waals surface area (Å²) in [6, 6.07) is 1.03. The van der Waals surface area contributed by atoms with Gasteiger partial charge in [-0.3, -0.25) is 14.9 Å². The summed E-state index contributed by atoms with van der Waals surface area (Å²) in [5.74, 6) is -3.00. The lowest BCUT2D eigenvalue weighted by Crippen LogP contribution is -2.27. The van der Waals surface area contributed by atoms with E-state index in [1.807, 2.05) is 0 Å². The molecule has 1 N–H and O–H groups in total. The molecule has 1 amide bonds. The molecule has 19 heavy (non-hydrogen) atoms. The lowest BCUT2D eigenvalue weighted by molar-refractivity contribution is -0.384. The molecule has 0 fully saturated rings. The van der Waals surface area contributed by atoms with Gasteiger partial charge in [0.05, 0.1) is 15.8 Å². The molecule has 0 aliphatic rings. The predicted molar refractivity (Wildman–Crippen MR) is 69.2 cm³/mol. The van der Waals surface area contributed by atoms with E-state index in [4.69, 9.17) is 0 Å². The van der Waals surface area contributed by atoms with Crippen LogP contribution in [-0.2, 0) is 4.79 Å². The first kappa shape index (κ1) is 15.5. The summed E-state index contributed by atoms with van der Waals surface area (Å²) in [4.78, 5) is 20.8. The summed E-state index contributed by atoms with van der Waals surface area (Å²) >= 11 is 3.09. The Balaban J connectivity index is 3.14. The molecule has 0 bridgehead atoms. The van der Waals surface area contributed by atoms with Crippen molar-refractivity contribution in [2.45, 2.75) is 18.7 Å². The molecule has 0 heterocycles. The highest BCUT2D eigenvalue weighted by atomic mass is 79.9. The summed E-state index contributed by atoms with van der Waals surface area (Å²) in [5, 5.41) is 12.8. The van der Waals surface area contributed by atoms with Gasteiger partial charge in [-0.2, -0.15) is 0 Å². The van der Waals surface area contributed by atoms with Crippen LogP contribution in [-0.4, -0.2) is 15.7 Å². The van der Waals surface area contributed by atoms with E-state index >= 15 is 0 Å². The molecule has 0 radical (unpaired) electrons. The quantitative estimate of drug-likeness (QED) is 0.521. The van der Waals surface area contributed by atoms with Crippen molar-refractivity contribution in [3.8, 4) is 0 Å². The van der Waals surface area contributed by atoms with Crippen LogP contribution in [0.1, 0.15) is 13.8 Å². The summed E-state index contributed by atoms with van der Waals surface area (Å²) in [6.07, 6.45) is 0. The number of nitrogens with one attached hydrogen (secondary N) is 1. The Labute approximate surface area is 116 Å². The third-order valence-electron chi connectivity index (χ3n) is 2.31. The molecule has 1 unspecified atom stereocenters. The molecule has 0 spiro atoms. The van der Waals surface area contributed by atoms with Crippen LogP contribution in [0.4, 0.5) is 20.2 Å². The zero-order valence-electron chi connectivity index (χ0n) is 10.1. The summed E-state index contributed by atoms with van der Waals surface area (Å²) in [6.45, 7) is 3.49. The number of carbonyl (C=O) groups excluding carboxylic acids is 1. The number of halogens is 3. The van der Waals surface area contributed by atoms with Crippen molar-refractivity contribution in [1.82, 2.24) is 0 Å². The Morgan fingerprint density at radius 2 is 2.00 bits per heavy atom. The van der Waals surface area contributed by atoms with Crippen LogP contribution in [0, 0.1) is 27.7 Å². The molecule has 0 saturated carbocycles. The minimum atomic E-state index is -1.19. The zero-order valence-corrected chi connectivity index (χ0v) is 11.7. The smallest absolute Gasteiger partial charge is 0.298 e. The van der Waals surface area contributed by atoms with Crippen molar-refractivity contribution in [2.75, 3.05) is 5.32 Å². The Morgan fingerprint density at radius 3 is 2.47 bits per heavy atom. The van der Waals surface area contributed by atoms with Gasteiger partial charge < -0.3 is 5.32 Å². The number of alkyl halides is 1. The van der Waals surface area contributed by atoms with E-state index < -0.39 is 38.7 Å². The third kappa shape index (κ3) is 3.69. The van der Waals surface area contributed by atoms with Crippen molar-refractivity contribution in [3.05, 3.63) is 33.9 Å². The highest BCUT2D eigenvalue weighted by Gasteiger charge is 2.26. The standard InChI is InChI=1S/C11H11BrF2N2O3/c1-5(2)9(12)11(17)15-10-7(14)3-6(13)4-8(10)16(18)19/h3-5,9H,1-2H3,(H,15,17). The van der Waals surface area contributed by atoms with Crippen LogP contribution in [0.3, 0.4) is 0 Å². The van der Waals surface area contributed by atoms with Crippen LogP contribution in [0.25, 0.3) is 0 Å². The number of amides is 1. The maximum atomic E-state index is 13.5. The summed E-state index contributed by atoms with van der Waals surface area (Å²) in [5.41, 5.74) is -1.46. The third-order valence-corrected chi connectivity index (χ3v) is 3.79. The largest absolute Gasteiger partial charge is 0.317 e. The first-order valence-electron chi connectivity index (χ1n) is 5.32. The normalized spacial score (nSPS) is 12.3. The van der Waals surface area contributed by atoms with E-state index in [1.54, 1.807) is 13.8 Å². The van der Waals surface area contributed by atoms with Gasteiger partial charge in [0.25, 0.3) is 5.69 Å². The number of benzene rings is 1. The Morgan fingerprint density at radius 1 is 1.42 bits per heavy atom. The molecule has 5 nitrogen and oxygen atoms in total. The topological polar surface area (TPSA) is 72.2 Å². The Kier molecular flexibility index (Phi) is 4.93. The van der Waals surface area contributed by atoms with Gasteiger partial charge in [-0.05, 0) is 5.92 Å². The van der Waals surface area contributed by atoms with E-state index in [-0.39, 0.29) is 5.92 Å². The number of anilines is 1. The molecule has 1 aromatic carbocycles. The van der Waals surface area contributed by atoms with Crippen molar-refractivity contribution in [2.24, 2.45) is 5.92 Å². The molecule has 1 aromatic rings. The second-order valence-electron chi connectivity index (χ2n) is 4.17. The fourth-order valence-corrected chi connectivity index (χ4v) is 1.44. The van der Waals surface area contributed by atoms with E-state index in [0.29, 0.717) is 12.1 Å². The van der Waals surface area contributed by atoms with Gasteiger partial charge in [0.2, 0.25) is 5.91 Å². The van der Waals surface area contributed by atoms with Crippen LogP contribution in [0.2, 0.25) is 0 Å². The fourth-order valence-electron chi connectivity index (χ4n) is 1.32. The maximum Gasteiger partial charge on any atom is 0.298 e. The lowest BCUT2D eigenvalue weighted by Gasteiger charge is -2.14. The second kappa shape index (κ2) is 6.05. The van der Waals surface area contributed by atoms with E-state index in [2.05, 4.69) is 21.2 Å². The number of nitro groups is 1. The molecular formula is C11H11BrF2N2O3. The number of hydrogen-bond acceptors (Lipinski definition) is 3. The monoisotopic (exact) mass is 336 g/mol. The minimum Gasteiger partial charge on any atom is -0.317 e. The van der Waals surface area contributed by atoms with E-state index in [0.717, 1.165) is 0 Å². The SMILES string of the molecule is CC(C)C(Br)C(=O)Nc1c(F)cc(F)cc1[N+](=O)[O-]. The molecule has 0 saturated heterocycles. The predicted octanol–water partition coefficient (Wildman–Crippen LogP) is 3.23. The molecular weight excluding hydrogens is 326 g/mol. The van der Waals surface area contributed by atoms with Crippen molar-refractivity contribution in [1.29, 1.82) is 0 Å². The van der Waals surface area contributed by atoms with Gasteiger partial charge in [0, 0.05) is 6.07 Å². The van der Waals surface area contributed by atoms with Gasteiger partial charge in [-0.1, -0.05) is 29.8 Å². The van der Waals surface area contributed by atoms with Crippen LogP contribution < -0.4 is 5.32 Å². The summed E-state index contributed by atoms with van der Waals surface area (Å²) < 4.78 is 26.4. The van der Waals surface area contributed by atoms with E-state index in [9.17, 15) is 23.7 Å². The highest BCUT2D eigenvalue weighted by molar-refractivity contribution is 9.10. The van der Waals surface area contributed by atoms with Crippen LogP contribution >= 0.6 is 15.9 Å². The molecule has 1 atom stereocenters. The Hall–Kier alpha value is -1.57.